The van der Waals surface area contributed by atoms with Crippen molar-refractivity contribution in [2.24, 2.45) is 0 Å². The van der Waals surface area contributed by atoms with E-state index >= 15 is 0 Å². The maximum Gasteiger partial charge on any atom is 0.411 e. The van der Waals surface area contributed by atoms with E-state index in [0.717, 1.165) is 16.8 Å². The Kier molecular flexibility index (Phi) is 6.21. The summed E-state index contributed by atoms with van der Waals surface area (Å²) in [6.07, 6.45) is 2.02. The molecule has 0 bridgehead atoms. The van der Waals surface area contributed by atoms with Crippen LogP contribution in [0.25, 0.3) is 11.3 Å². The highest BCUT2D eigenvalue weighted by molar-refractivity contribution is 5.70. The molecule has 0 radical (unpaired) electrons. The second-order valence-corrected chi connectivity index (χ2v) is 9.31. The van der Waals surface area contributed by atoms with Crippen molar-refractivity contribution < 1.29 is 19.0 Å². The topological polar surface area (TPSA) is 62.7 Å². The fraction of sp³-hybridized carbons (Fsp3) is 0.333. The molecule has 4 rings (SSSR count). The third-order valence-electron chi connectivity index (χ3n) is 6.18. The Balaban J connectivity index is 1.54. The van der Waals surface area contributed by atoms with Crippen molar-refractivity contribution in [1.82, 2.24) is 9.88 Å². The number of pyridine rings is 1. The SMILES string of the molecule is C[C@@H](c1ccc(-c2ccccn2)cc1)N1CCC(CC(C)(C)O)(c2ccc(F)cc2)OC1=O. The van der Waals surface area contributed by atoms with E-state index < -0.39 is 17.3 Å². The van der Waals surface area contributed by atoms with Gasteiger partial charge < -0.3 is 14.7 Å². The van der Waals surface area contributed by atoms with Crippen LogP contribution in [0.5, 0.6) is 0 Å². The van der Waals surface area contributed by atoms with Gasteiger partial charge in [-0.2, -0.15) is 0 Å². The molecular formula is C27H29FN2O3. The van der Waals surface area contributed by atoms with Gasteiger partial charge in [0, 0.05) is 31.1 Å². The summed E-state index contributed by atoms with van der Waals surface area (Å²) >= 11 is 0. The van der Waals surface area contributed by atoms with Crippen LogP contribution in [0.4, 0.5) is 9.18 Å². The molecule has 1 aliphatic rings. The number of nitrogens with zero attached hydrogens (tertiary/aromatic N) is 2. The van der Waals surface area contributed by atoms with Gasteiger partial charge in [-0.3, -0.25) is 4.98 Å². The highest BCUT2D eigenvalue weighted by Gasteiger charge is 2.46. The van der Waals surface area contributed by atoms with E-state index in [9.17, 15) is 14.3 Å². The first-order valence-electron chi connectivity index (χ1n) is 11.2. The summed E-state index contributed by atoms with van der Waals surface area (Å²) in [7, 11) is 0. The average Bonchev–Trinajstić information content (AvgIpc) is 2.79. The molecule has 1 fully saturated rings. The van der Waals surface area contributed by atoms with Gasteiger partial charge in [0.25, 0.3) is 0 Å². The number of hydrogen-bond donors (Lipinski definition) is 1. The second-order valence-electron chi connectivity index (χ2n) is 9.31. The van der Waals surface area contributed by atoms with Crippen LogP contribution < -0.4 is 0 Å². The molecule has 6 heteroatoms. The summed E-state index contributed by atoms with van der Waals surface area (Å²) in [6.45, 7) is 5.79. The molecule has 3 aromatic rings. The van der Waals surface area contributed by atoms with Crippen molar-refractivity contribution in [3.05, 3.63) is 89.9 Å². The minimum Gasteiger partial charge on any atom is -0.438 e. The Hall–Kier alpha value is -3.25. The van der Waals surface area contributed by atoms with Gasteiger partial charge in [-0.25, -0.2) is 9.18 Å². The lowest BCUT2D eigenvalue weighted by molar-refractivity contribution is -0.101. The molecule has 1 saturated heterocycles. The van der Waals surface area contributed by atoms with Crippen LogP contribution >= 0.6 is 0 Å². The van der Waals surface area contributed by atoms with Crippen molar-refractivity contribution in [3.8, 4) is 11.3 Å². The first-order valence-corrected chi connectivity index (χ1v) is 11.2. The molecule has 1 N–H and O–H groups in total. The lowest BCUT2D eigenvalue weighted by Crippen LogP contribution is -2.51. The Morgan fingerprint density at radius 2 is 1.82 bits per heavy atom. The van der Waals surface area contributed by atoms with Crippen LogP contribution in [0.15, 0.2) is 72.9 Å². The van der Waals surface area contributed by atoms with Crippen molar-refractivity contribution in [1.29, 1.82) is 0 Å². The number of hydrogen-bond acceptors (Lipinski definition) is 4. The maximum atomic E-state index is 13.5. The standard InChI is InChI=1S/C27H29FN2O3/c1-19(20-7-9-21(10-8-20)24-6-4-5-16-29-24)30-17-15-27(33-25(30)31,18-26(2,3)32)22-11-13-23(28)14-12-22/h4-14,16,19,32H,15,17-18H2,1-3H3/t19-,27?/m0/s1. The van der Waals surface area contributed by atoms with Gasteiger partial charge in [0.15, 0.2) is 0 Å². The Morgan fingerprint density at radius 1 is 1.12 bits per heavy atom. The number of benzene rings is 2. The first kappa shape index (κ1) is 22.9. The van der Waals surface area contributed by atoms with Crippen LogP contribution in [-0.2, 0) is 10.3 Å². The van der Waals surface area contributed by atoms with Gasteiger partial charge >= 0.3 is 6.09 Å². The van der Waals surface area contributed by atoms with Crippen molar-refractivity contribution >= 4 is 6.09 Å². The summed E-state index contributed by atoms with van der Waals surface area (Å²) in [5, 5.41) is 10.5. The number of carbonyl (C=O) groups is 1. The van der Waals surface area contributed by atoms with Crippen LogP contribution in [-0.4, -0.2) is 33.2 Å². The van der Waals surface area contributed by atoms with Gasteiger partial charge in [0.1, 0.15) is 11.4 Å². The zero-order chi connectivity index (χ0) is 23.6. The maximum absolute atomic E-state index is 13.5. The van der Waals surface area contributed by atoms with Gasteiger partial charge in [0.05, 0.1) is 17.3 Å². The Labute approximate surface area is 193 Å². The fourth-order valence-electron chi connectivity index (χ4n) is 4.55. The molecule has 2 heterocycles. The minimum atomic E-state index is -1.07. The number of carbonyl (C=O) groups excluding carboxylic acids is 1. The average molecular weight is 449 g/mol. The molecule has 33 heavy (non-hydrogen) atoms. The van der Waals surface area contributed by atoms with Gasteiger partial charge in [0.2, 0.25) is 0 Å². The number of aliphatic hydroxyl groups is 1. The molecule has 0 aliphatic carbocycles. The molecular weight excluding hydrogens is 419 g/mol. The summed E-state index contributed by atoms with van der Waals surface area (Å²) in [4.78, 5) is 19.2. The lowest BCUT2D eigenvalue weighted by atomic mass is 9.80. The van der Waals surface area contributed by atoms with E-state index in [1.165, 1.54) is 12.1 Å². The third-order valence-corrected chi connectivity index (χ3v) is 6.18. The number of cyclic esters (lactones) is 1. The highest BCUT2D eigenvalue weighted by Crippen LogP contribution is 2.42. The van der Waals surface area contributed by atoms with Gasteiger partial charge in [-0.1, -0.05) is 42.5 Å². The number of ether oxygens (including phenoxy) is 1. The van der Waals surface area contributed by atoms with Gasteiger partial charge in [-0.05, 0) is 56.2 Å². The number of aromatic nitrogens is 1. The van der Waals surface area contributed by atoms with E-state index in [4.69, 9.17) is 4.74 Å². The van der Waals surface area contributed by atoms with Gasteiger partial charge in [-0.15, -0.1) is 0 Å². The second kappa shape index (κ2) is 8.94. The van der Waals surface area contributed by atoms with E-state index in [1.807, 2.05) is 49.4 Å². The fourth-order valence-corrected chi connectivity index (χ4v) is 4.55. The normalized spacial score (nSPS) is 19.8. The molecule has 1 aromatic heterocycles. The molecule has 2 aromatic carbocycles. The number of rotatable bonds is 6. The smallest absolute Gasteiger partial charge is 0.411 e. The van der Waals surface area contributed by atoms with E-state index in [2.05, 4.69) is 4.98 Å². The third kappa shape index (κ3) is 5.06. The molecule has 0 spiro atoms. The van der Waals surface area contributed by atoms with Crippen molar-refractivity contribution in [3.63, 3.8) is 0 Å². The summed E-state index contributed by atoms with van der Waals surface area (Å²) in [6, 6.07) is 19.6. The Bertz CT molecular complexity index is 1090. The zero-order valence-corrected chi connectivity index (χ0v) is 19.2. The molecule has 0 saturated carbocycles. The van der Waals surface area contributed by atoms with Crippen LogP contribution in [0.2, 0.25) is 0 Å². The largest absolute Gasteiger partial charge is 0.438 e. The summed E-state index contributed by atoms with van der Waals surface area (Å²) in [5.41, 5.74) is 1.50. The van der Waals surface area contributed by atoms with Crippen LogP contribution in [0.1, 0.15) is 50.8 Å². The monoisotopic (exact) mass is 448 g/mol. The highest BCUT2D eigenvalue weighted by atomic mass is 19.1. The number of halogens is 1. The number of amides is 1. The quantitative estimate of drug-likeness (QED) is 0.514. The molecule has 5 nitrogen and oxygen atoms in total. The molecule has 172 valence electrons. The summed E-state index contributed by atoms with van der Waals surface area (Å²) in [5.74, 6) is -0.358. The van der Waals surface area contributed by atoms with Crippen molar-refractivity contribution in [2.75, 3.05) is 6.54 Å². The molecule has 1 aliphatic heterocycles. The van der Waals surface area contributed by atoms with E-state index in [0.29, 0.717) is 18.5 Å². The first-order chi connectivity index (χ1) is 15.7. The lowest BCUT2D eigenvalue weighted by Gasteiger charge is -2.45. The van der Waals surface area contributed by atoms with E-state index in [1.54, 1.807) is 37.1 Å². The Morgan fingerprint density at radius 3 is 2.39 bits per heavy atom. The van der Waals surface area contributed by atoms with E-state index in [-0.39, 0.29) is 18.3 Å². The zero-order valence-electron chi connectivity index (χ0n) is 19.2. The summed E-state index contributed by atoms with van der Waals surface area (Å²) < 4.78 is 19.5. The van der Waals surface area contributed by atoms with Crippen LogP contribution in [0, 0.1) is 5.82 Å². The van der Waals surface area contributed by atoms with Crippen molar-refractivity contribution in [2.45, 2.75) is 50.9 Å². The molecule has 1 amide bonds. The predicted molar refractivity (Wildman–Crippen MR) is 125 cm³/mol. The molecule has 1 unspecified atom stereocenters. The van der Waals surface area contributed by atoms with Crippen LogP contribution in [0.3, 0.4) is 0 Å². The predicted octanol–water partition coefficient (Wildman–Crippen LogP) is 5.85. The molecule has 2 atom stereocenters. The minimum absolute atomic E-state index is 0.191.